The normalized spacial score (nSPS) is 12.9. The third-order valence-corrected chi connectivity index (χ3v) is 2.54. The molecule has 0 aliphatic heterocycles. The zero-order chi connectivity index (χ0) is 11.7. The SMILES string of the molecule is Cn1cnc2cc(C(=O)C(N)CO)ccc21. The summed E-state index contributed by atoms with van der Waals surface area (Å²) in [7, 11) is 1.89. The molecule has 0 amide bonds. The van der Waals surface area contributed by atoms with Crippen LogP contribution in [-0.2, 0) is 7.05 Å². The number of rotatable bonds is 3. The molecule has 2 rings (SSSR count). The van der Waals surface area contributed by atoms with E-state index in [1.165, 1.54) is 0 Å². The number of fused-ring (bicyclic) bond motifs is 1. The van der Waals surface area contributed by atoms with Crippen LogP contribution in [0.25, 0.3) is 11.0 Å². The molecule has 0 spiro atoms. The number of aliphatic hydroxyl groups is 1. The predicted octanol–water partition coefficient (Wildman–Crippen LogP) is 0.0756. The number of hydrogen-bond donors (Lipinski definition) is 2. The van der Waals surface area contributed by atoms with Gasteiger partial charge in [0.2, 0.25) is 0 Å². The summed E-state index contributed by atoms with van der Waals surface area (Å²) >= 11 is 0. The van der Waals surface area contributed by atoms with Gasteiger partial charge in [-0.15, -0.1) is 0 Å². The number of aryl methyl sites for hydroxylation is 1. The van der Waals surface area contributed by atoms with Crippen LogP contribution in [0, 0.1) is 0 Å². The fourth-order valence-corrected chi connectivity index (χ4v) is 1.59. The molecule has 1 atom stereocenters. The van der Waals surface area contributed by atoms with Gasteiger partial charge in [0.25, 0.3) is 0 Å². The molecule has 1 aromatic carbocycles. The minimum Gasteiger partial charge on any atom is -0.394 e. The third-order valence-electron chi connectivity index (χ3n) is 2.54. The molecule has 0 radical (unpaired) electrons. The number of nitrogens with two attached hydrogens (primary N) is 1. The Balaban J connectivity index is 2.43. The maximum atomic E-state index is 11.7. The van der Waals surface area contributed by atoms with E-state index in [0.717, 1.165) is 11.0 Å². The highest BCUT2D eigenvalue weighted by molar-refractivity contribution is 6.02. The summed E-state index contributed by atoms with van der Waals surface area (Å²) in [5, 5.41) is 8.82. The molecule has 0 fully saturated rings. The lowest BCUT2D eigenvalue weighted by Crippen LogP contribution is -2.33. The van der Waals surface area contributed by atoms with Gasteiger partial charge in [-0.05, 0) is 18.2 Å². The summed E-state index contributed by atoms with van der Waals surface area (Å²) in [5.41, 5.74) is 7.65. The van der Waals surface area contributed by atoms with Crippen LogP contribution in [0.5, 0.6) is 0 Å². The number of ketones is 1. The first-order valence-corrected chi connectivity index (χ1v) is 4.95. The average Bonchev–Trinajstić information content (AvgIpc) is 2.68. The molecule has 3 N–H and O–H groups in total. The van der Waals surface area contributed by atoms with Gasteiger partial charge in [-0.25, -0.2) is 4.98 Å². The average molecular weight is 219 g/mol. The quantitative estimate of drug-likeness (QED) is 0.716. The van der Waals surface area contributed by atoms with E-state index in [2.05, 4.69) is 4.98 Å². The number of benzene rings is 1. The molecule has 1 unspecified atom stereocenters. The lowest BCUT2D eigenvalue weighted by Gasteiger charge is -2.06. The minimum absolute atomic E-state index is 0.268. The number of carbonyl (C=O) groups is 1. The van der Waals surface area contributed by atoms with E-state index in [4.69, 9.17) is 10.8 Å². The Kier molecular flexibility index (Phi) is 2.72. The molecule has 5 nitrogen and oxygen atoms in total. The monoisotopic (exact) mass is 219 g/mol. The summed E-state index contributed by atoms with van der Waals surface area (Å²) in [4.78, 5) is 15.9. The molecule has 0 saturated carbocycles. The van der Waals surface area contributed by atoms with Gasteiger partial charge in [0.1, 0.15) is 0 Å². The van der Waals surface area contributed by atoms with E-state index >= 15 is 0 Å². The molecule has 0 saturated heterocycles. The molecule has 0 aliphatic rings. The number of aromatic nitrogens is 2. The van der Waals surface area contributed by atoms with Crippen molar-refractivity contribution < 1.29 is 9.90 Å². The minimum atomic E-state index is -0.860. The standard InChI is InChI=1S/C11H13N3O2/c1-14-6-13-9-4-7(2-3-10(9)14)11(16)8(12)5-15/h2-4,6,8,15H,5,12H2,1H3. The Morgan fingerprint density at radius 1 is 1.62 bits per heavy atom. The first-order chi connectivity index (χ1) is 7.63. The molecule has 1 heterocycles. The van der Waals surface area contributed by atoms with Crippen LogP contribution >= 0.6 is 0 Å². The van der Waals surface area contributed by atoms with Gasteiger partial charge in [-0.3, -0.25) is 4.79 Å². The Bertz CT molecular complexity index is 533. The van der Waals surface area contributed by atoms with Crippen molar-refractivity contribution >= 4 is 16.8 Å². The van der Waals surface area contributed by atoms with E-state index in [1.807, 2.05) is 17.7 Å². The fourth-order valence-electron chi connectivity index (χ4n) is 1.59. The smallest absolute Gasteiger partial charge is 0.181 e. The zero-order valence-corrected chi connectivity index (χ0v) is 8.92. The van der Waals surface area contributed by atoms with Crippen LogP contribution in [0.1, 0.15) is 10.4 Å². The number of imidazole rings is 1. The fraction of sp³-hybridized carbons (Fsp3) is 0.273. The van der Waals surface area contributed by atoms with Crippen LogP contribution in [0.3, 0.4) is 0 Å². The molecule has 84 valence electrons. The Morgan fingerprint density at radius 2 is 2.38 bits per heavy atom. The van der Waals surface area contributed by atoms with Crippen molar-refractivity contribution in [1.29, 1.82) is 0 Å². The van der Waals surface area contributed by atoms with Crippen molar-refractivity contribution in [1.82, 2.24) is 9.55 Å². The largest absolute Gasteiger partial charge is 0.394 e. The highest BCUT2D eigenvalue weighted by Crippen LogP contribution is 2.14. The first kappa shape index (κ1) is 10.8. The second-order valence-corrected chi connectivity index (χ2v) is 3.71. The highest BCUT2D eigenvalue weighted by Gasteiger charge is 2.15. The number of carbonyl (C=O) groups excluding carboxylic acids is 1. The maximum Gasteiger partial charge on any atom is 0.181 e. The van der Waals surface area contributed by atoms with E-state index in [9.17, 15) is 4.79 Å². The van der Waals surface area contributed by atoms with Gasteiger partial charge in [0.15, 0.2) is 5.78 Å². The summed E-state index contributed by atoms with van der Waals surface area (Å²) in [6.45, 7) is -0.348. The van der Waals surface area contributed by atoms with Crippen molar-refractivity contribution in [2.75, 3.05) is 6.61 Å². The summed E-state index contributed by atoms with van der Waals surface area (Å²) in [6.07, 6.45) is 1.69. The molecule has 5 heteroatoms. The Hall–Kier alpha value is -1.72. The third kappa shape index (κ3) is 1.70. The first-order valence-electron chi connectivity index (χ1n) is 4.95. The van der Waals surface area contributed by atoms with Gasteiger partial charge in [-0.1, -0.05) is 0 Å². The van der Waals surface area contributed by atoms with Crippen LogP contribution in [0.4, 0.5) is 0 Å². The topological polar surface area (TPSA) is 81.1 Å². The molecule has 0 aliphatic carbocycles. The van der Waals surface area contributed by atoms with Crippen molar-refractivity contribution in [2.45, 2.75) is 6.04 Å². The van der Waals surface area contributed by atoms with Crippen LogP contribution < -0.4 is 5.73 Å². The lowest BCUT2D eigenvalue weighted by atomic mass is 10.0. The predicted molar refractivity (Wildman–Crippen MR) is 60.1 cm³/mol. The van der Waals surface area contributed by atoms with Gasteiger partial charge in [-0.2, -0.15) is 0 Å². The Morgan fingerprint density at radius 3 is 3.06 bits per heavy atom. The highest BCUT2D eigenvalue weighted by atomic mass is 16.3. The van der Waals surface area contributed by atoms with Gasteiger partial charge in [0.05, 0.1) is 30.0 Å². The van der Waals surface area contributed by atoms with E-state index < -0.39 is 6.04 Å². The molecule has 2 aromatic rings. The van der Waals surface area contributed by atoms with Gasteiger partial charge >= 0.3 is 0 Å². The maximum absolute atomic E-state index is 11.7. The summed E-state index contributed by atoms with van der Waals surface area (Å²) in [5.74, 6) is -0.268. The number of aliphatic hydroxyl groups excluding tert-OH is 1. The molecular weight excluding hydrogens is 206 g/mol. The van der Waals surface area contributed by atoms with Gasteiger partial charge < -0.3 is 15.4 Å². The van der Waals surface area contributed by atoms with Crippen molar-refractivity contribution in [2.24, 2.45) is 12.8 Å². The summed E-state index contributed by atoms with van der Waals surface area (Å²) < 4.78 is 1.87. The van der Waals surface area contributed by atoms with E-state index in [1.54, 1.807) is 18.5 Å². The molecular formula is C11H13N3O2. The summed E-state index contributed by atoms with van der Waals surface area (Å²) in [6, 6.07) is 4.34. The van der Waals surface area contributed by atoms with Crippen molar-refractivity contribution in [3.8, 4) is 0 Å². The second kappa shape index (κ2) is 4.03. The Labute approximate surface area is 92.5 Å². The lowest BCUT2D eigenvalue weighted by molar-refractivity contribution is 0.0925. The molecule has 16 heavy (non-hydrogen) atoms. The second-order valence-electron chi connectivity index (χ2n) is 3.71. The van der Waals surface area contributed by atoms with E-state index in [-0.39, 0.29) is 12.4 Å². The van der Waals surface area contributed by atoms with Crippen LogP contribution in [0.15, 0.2) is 24.5 Å². The van der Waals surface area contributed by atoms with Gasteiger partial charge in [0, 0.05) is 12.6 Å². The van der Waals surface area contributed by atoms with Crippen LogP contribution in [-0.4, -0.2) is 33.1 Å². The number of Topliss-reactive ketones (excluding diaryl/α,β-unsaturated/α-hetero) is 1. The number of nitrogens with zero attached hydrogens (tertiary/aromatic N) is 2. The molecule has 1 aromatic heterocycles. The number of hydrogen-bond acceptors (Lipinski definition) is 4. The van der Waals surface area contributed by atoms with Crippen molar-refractivity contribution in [3.63, 3.8) is 0 Å². The van der Waals surface area contributed by atoms with Crippen LogP contribution in [0.2, 0.25) is 0 Å². The van der Waals surface area contributed by atoms with Crippen molar-refractivity contribution in [3.05, 3.63) is 30.1 Å². The molecule has 0 bridgehead atoms. The van der Waals surface area contributed by atoms with E-state index in [0.29, 0.717) is 5.56 Å². The zero-order valence-electron chi connectivity index (χ0n) is 8.92.